The molecular weight excluding hydrogens is 124 g/mol. The number of rotatable bonds is 0. The van der Waals surface area contributed by atoms with Crippen LogP contribution in [0, 0.1) is 11.8 Å². The minimum absolute atomic E-state index is 0.517. The van der Waals surface area contributed by atoms with Crippen LogP contribution in [0.2, 0.25) is 0 Å². The lowest BCUT2D eigenvalue weighted by Gasteiger charge is -2.09. The average molecular weight is 140 g/mol. The van der Waals surface area contributed by atoms with Crippen molar-refractivity contribution in [2.24, 2.45) is 17.6 Å². The molecule has 10 heavy (non-hydrogen) atoms. The van der Waals surface area contributed by atoms with Crippen molar-refractivity contribution in [3.63, 3.8) is 0 Å². The van der Waals surface area contributed by atoms with E-state index in [1.54, 1.807) is 0 Å². The molecule has 1 aliphatic carbocycles. The fraction of sp³-hybridized carbons (Fsp3) is 1.00. The maximum atomic E-state index is 5.85. The molecule has 0 aromatic carbocycles. The fourth-order valence-corrected chi connectivity index (χ4v) is 2.58. The van der Waals surface area contributed by atoms with Gasteiger partial charge in [0.05, 0.1) is 0 Å². The molecule has 2 fully saturated rings. The number of likely N-dealkylation sites (tertiary alicyclic amines) is 1. The molecule has 1 saturated carbocycles. The zero-order chi connectivity index (χ0) is 7.14. The van der Waals surface area contributed by atoms with E-state index in [0.29, 0.717) is 6.04 Å². The Hall–Kier alpha value is -0.0800. The molecule has 3 atom stereocenters. The van der Waals surface area contributed by atoms with Crippen molar-refractivity contribution < 1.29 is 0 Å². The van der Waals surface area contributed by atoms with E-state index in [2.05, 4.69) is 11.9 Å². The quantitative estimate of drug-likeness (QED) is 0.524. The summed E-state index contributed by atoms with van der Waals surface area (Å²) in [5, 5.41) is 0. The van der Waals surface area contributed by atoms with Crippen molar-refractivity contribution in [3.05, 3.63) is 0 Å². The summed E-state index contributed by atoms with van der Waals surface area (Å²) >= 11 is 0. The summed E-state index contributed by atoms with van der Waals surface area (Å²) in [6.07, 6.45) is 2.55. The molecule has 0 spiro atoms. The Labute approximate surface area is 62.4 Å². The van der Waals surface area contributed by atoms with Gasteiger partial charge in [0.25, 0.3) is 0 Å². The highest BCUT2D eigenvalue weighted by Gasteiger charge is 2.37. The average Bonchev–Trinajstić information content (AvgIpc) is 2.21. The maximum Gasteiger partial charge on any atom is 0.00452 e. The van der Waals surface area contributed by atoms with Crippen molar-refractivity contribution in [3.8, 4) is 0 Å². The van der Waals surface area contributed by atoms with Gasteiger partial charge in [-0.3, -0.25) is 0 Å². The lowest BCUT2D eigenvalue weighted by atomic mass is 10.0. The van der Waals surface area contributed by atoms with E-state index in [9.17, 15) is 0 Å². The third-order valence-corrected chi connectivity index (χ3v) is 2.97. The molecule has 2 N–H and O–H groups in total. The van der Waals surface area contributed by atoms with Crippen molar-refractivity contribution in [1.29, 1.82) is 0 Å². The Balaban J connectivity index is 2.00. The van der Waals surface area contributed by atoms with Gasteiger partial charge < -0.3 is 10.6 Å². The molecule has 58 valence electrons. The summed E-state index contributed by atoms with van der Waals surface area (Å²) in [5.41, 5.74) is 5.85. The van der Waals surface area contributed by atoms with E-state index in [1.165, 1.54) is 25.9 Å². The molecule has 0 radical (unpaired) electrons. The van der Waals surface area contributed by atoms with Gasteiger partial charge in [0.15, 0.2) is 0 Å². The first-order valence-corrected chi connectivity index (χ1v) is 4.20. The standard InChI is InChI=1S/C8H16N2/c1-10-4-6-2-8(9)3-7(6)5-10/h6-8H,2-5,9H2,1H3/t6-,7?,8-/m0/s1. The molecule has 2 nitrogen and oxygen atoms in total. The van der Waals surface area contributed by atoms with Gasteiger partial charge in [0.2, 0.25) is 0 Å². The van der Waals surface area contributed by atoms with E-state index >= 15 is 0 Å². The molecule has 1 saturated heterocycles. The summed E-state index contributed by atoms with van der Waals surface area (Å²) in [6.45, 7) is 2.58. The molecule has 2 rings (SSSR count). The topological polar surface area (TPSA) is 29.3 Å². The summed E-state index contributed by atoms with van der Waals surface area (Å²) in [7, 11) is 2.21. The third kappa shape index (κ3) is 0.956. The van der Waals surface area contributed by atoms with Crippen LogP contribution in [-0.2, 0) is 0 Å². The molecule has 2 aliphatic rings. The predicted octanol–water partition coefficient (Wildman–Crippen LogP) is 0.285. The van der Waals surface area contributed by atoms with Crippen LogP contribution in [0.1, 0.15) is 12.8 Å². The summed E-state index contributed by atoms with van der Waals surface area (Å²) in [5.74, 6) is 1.86. The van der Waals surface area contributed by atoms with Gasteiger partial charge in [-0.15, -0.1) is 0 Å². The van der Waals surface area contributed by atoms with E-state index in [4.69, 9.17) is 5.73 Å². The first-order chi connectivity index (χ1) is 4.75. The van der Waals surface area contributed by atoms with Gasteiger partial charge >= 0.3 is 0 Å². The highest BCUT2D eigenvalue weighted by molar-refractivity contribution is 4.92. The number of hydrogen-bond acceptors (Lipinski definition) is 2. The highest BCUT2D eigenvalue weighted by atomic mass is 15.1. The van der Waals surface area contributed by atoms with Gasteiger partial charge in [-0.1, -0.05) is 0 Å². The van der Waals surface area contributed by atoms with Gasteiger partial charge in [-0.2, -0.15) is 0 Å². The number of nitrogens with zero attached hydrogens (tertiary/aromatic N) is 1. The number of hydrogen-bond donors (Lipinski definition) is 1. The number of nitrogens with two attached hydrogens (primary N) is 1. The smallest absolute Gasteiger partial charge is 0.00452 e. The first-order valence-electron chi connectivity index (χ1n) is 4.20. The first kappa shape index (κ1) is 6.62. The molecule has 1 unspecified atom stereocenters. The molecule has 0 amide bonds. The van der Waals surface area contributed by atoms with Crippen LogP contribution in [0.5, 0.6) is 0 Å². The maximum absolute atomic E-state index is 5.85. The Bertz CT molecular complexity index is 107. The van der Waals surface area contributed by atoms with Gasteiger partial charge in [0.1, 0.15) is 0 Å². The third-order valence-electron chi connectivity index (χ3n) is 2.97. The Kier molecular flexibility index (Phi) is 1.46. The van der Waals surface area contributed by atoms with Gasteiger partial charge in [-0.05, 0) is 31.7 Å². The van der Waals surface area contributed by atoms with Gasteiger partial charge in [0, 0.05) is 19.1 Å². The van der Waals surface area contributed by atoms with Crippen LogP contribution < -0.4 is 5.73 Å². The van der Waals surface area contributed by atoms with E-state index < -0.39 is 0 Å². The summed E-state index contributed by atoms with van der Waals surface area (Å²) in [6, 6.07) is 0.517. The summed E-state index contributed by atoms with van der Waals surface area (Å²) < 4.78 is 0. The minimum atomic E-state index is 0.517. The molecule has 0 bridgehead atoms. The second kappa shape index (κ2) is 2.21. The lowest BCUT2D eigenvalue weighted by Crippen LogP contribution is -2.22. The molecule has 0 aromatic rings. The SMILES string of the molecule is CN1CC2C[C@@H](N)C[C@H]2C1. The fourth-order valence-electron chi connectivity index (χ4n) is 2.58. The number of fused-ring (bicyclic) bond motifs is 1. The molecule has 2 heteroatoms. The second-order valence-electron chi connectivity index (χ2n) is 3.97. The normalized spacial score (nSPS) is 48.0. The van der Waals surface area contributed by atoms with Crippen molar-refractivity contribution in [2.75, 3.05) is 20.1 Å². The zero-order valence-electron chi connectivity index (χ0n) is 6.59. The Morgan fingerprint density at radius 2 is 1.70 bits per heavy atom. The van der Waals surface area contributed by atoms with E-state index in [-0.39, 0.29) is 0 Å². The van der Waals surface area contributed by atoms with Gasteiger partial charge in [-0.25, -0.2) is 0 Å². The van der Waals surface area contributed by atoms with Crippen molar-refractivity contribution >= 4 is 0 Å². The highest BCUT2D eigenvalue weighted by Crippen LogP contribution is 2.36. The Morgan fingerprint density at radius 3 is 2.20 bits per heavy atom. The lowest BCUT2D eigenvalue weighted by molar-refractivity contribution is 0.371. The van der Waals surface area contributed by atoms with Crippen LogP contribution >= 0.6 is 0 Å². The molecule has 1 aliphatic heterocycles. The van der Waals surface area contributed by atoms with Crippen LogP contribution in [-0.4, -0.2) is 31.1 Å². The van der Waals surface area contributed by atoms with Crippen LogP contribution in [0.15, 0.2) is 0 Å². The molecule has 1 heterocycles. The van der Waals surface area contributed by atoms with E-state index in [0.717, 1.165) is 11.8 Å². The largest absolute Gasteiger partial charge is 0.328 e. The van der Waals surface area contributed by atoms with E-state index in [1.807, 2.05) is 0 Å². The minimum Gasteiger partial charge on any atom is -0.328 e. The summed E-state index contributed by atoms with van der Waals surface area (Å²) in [4.78, 5) is 2.43. The van der Waals surface area contributed by atoms with Crippen LogP contribution in [0.4, 0.5) is 0 Å². The monoisotopic (exact) mass is 140 g/mol. The Morgan fingerprint density at radius 1 is 1.20 bits per heavy atom. The van der Waals surface area contributed by atoms with Crippen molar-refractivity contribution in [2.45, 2.75) is 18.9 Å². The second-order valence-corrected chi connectivity index (χ2v) is 3.97. The predicted molar refractivity (Wildman–Crippen MR) is 41.7 cm³/mol. The molecule has 0 aromatic heterocycles. The van der Waals surface area contributed by atoms with Crippen LogP contribution in [0.25, 0.3) is 0 Å². The van der Waals surface area contributed by atoms with Crippen LogP contribution in [0.3, 0.4) is 0 Å². The van der Waals surface area contributed by atoms with Crippen molar-refractivity contribution in [1.82, 2.24) is 4.90 Å². The zero-order valence-corrected chi connectivity index (χ0v) is 6.59. The molecular formula is C8H16N2.